The molecule has 3 aromatic rings. The van der Waals surface area contributed by atoms with Crippen molar-refractivity contribution in [1.29, 1.82) is 0 Å². The Morgan fingerprint density at radius 1 is 1.08 bits per heavy atom. The molecule has 25 heavy (non-hydrogen) atoms. The van der Waals surface area contributed by atoms with E-state index < -0.39 is 0 Å². The minimum absolute atomic E-state index is 0.0171. The lowest BCUT2D eigenvalue weighted by Crippen LogP contribution is -2.25. The Balaban J connectivity index is 1.61. The molecular formula is C22H26N2O. The van der Waals surface area contributed by atoms with Gasteiger partial charge in [0.05, 0.1) is 0 Å². The maximum absolute atomic E-state index is 12.3. The van der Waals surface area contributed by atoms with Crippen molar-refractivity contribution in [1.82, 2.24) is 10.3 Å². The van der Waals surface area contributed by atoms with Crippen LogP contribution in [0.1, 0.15) is 47.8 Å². The molecule has 0 atom stereocenters. The third kappa shape index (κ3) is 3.93. The minimum Gasteiger partial charge on any atom is -0.361 e. The van der Waals surface area contributed by atoms with Gasteiger partial charge in [-0.1, -0.05) is 44.5 Å². The normalized spacial score (nSPS) is 11.7. The van der Waals surface area contributed by atoms with Crippen molar-refractivity contribution in [3.8, 4) is 0 Å². The van der Waals surface area contributed by atoms with Gasteiger partial charge in [-0.15, -0.1) is 0 Å². The summed E-state index contributed by atoms with van der Waals surface area (Å²) in [5.74, 6) is -0.0171. The first-order valence-electron chi connectivity index (χ1n) is 8.80. The number of aryl methyl sites for hydroxylation is 1. The number of hydrogen-bond donors (Lipinski definition) is 2. The van der Waals surface area contributed by atoms with Crippen LogP contribution in [-0.4, -0.2) is 17.4 Å². The van der Waals surface area contributed by atoms with E-state index in [1.165, 1.54) is 22.1 Å². The molecule has 0 fully saturated rings. The molecular weight excluding hydrogens is 308 g/mol. The van der Waals surface area contributed by atoms with E-state index in [9.17, 15) is 4.79 Å². The Morgan fingerprint density at radius 3 is 2.48 bits per heavy atom. The molecule has 0 saturated carbocycles. The van der Waals surface area contributed by atoms with E-state index >= 15 is 0 Å². The van der Waals surface area contributed by atoms with Gasteiger partial charge in [0.2, 0.25) is 0 Å². The second kappa shape index (κ2) is 6.75. The summed E-state index contributed by atoms with van der Waals surface area (Å²) in [7, 11) is 0. The van der Waals surface area contributed by atoms with Crippen LogP contribution in [0.2, 0.25) is 0 Å². The summed E-state index contributed by atoms with van der Waals surface area (Å²) in [5.41, 5.74) is 5.67. The fraction of sp³-hybridized carbons (Fsp3) is 0.318. The van der Waals surface area contributed by atoms with Gasteiger partial charge in [-0.05, 0) is 54.2 Å². The summed E-state index contributed by atoms with van der Waals surface area (Å²) >= 11 is 0. The molecule has 2 N–H and O–H groups in total. The summed E-state index contributed by atoms with van der Waals surface area (Å²) in [6.45, 7) is 9.24. The fourth-order valence-corrected chi connectivity index (χ4v) is 3.03. The second-order valence-corrected chi connectivity index (χ2v) is 7.70. The van der Waals surface area contributed by atoms with Gasteiger partial charge in [-0.3, -0.25) is 4.79 Å². The van der Waals surface area contributed by atoms with Gasteiger partial charge in [0.15, 0.2) is 0 Å². The van der Waals surface area contributed by atoms with E-state index in [0.29, 0.717) is 12.1 Å². The van der Waals surface area contributed by atoms with Gasteiger partial charge in [-0.2, -0.15) is 0 Å². The predicted molar refractivity (Wildman–Crippen MR) is 104 cm³/mol. The molecule has 0 spiro atoms. The molecule has 0 aliphatic rings. The molecule has 3 rings (SSSR count). The molecule has 130 valence electrons. The number of fused-ring (bicyclic) bond motifs is 1. The highest BCUT2D eigenvalue weighted by Crippen LogP contribution is 2.22. The lowest BCUT2D eigenvalue weighted by atomic mass is 9.87. The lowest BCUT2D eigenvalue weighted by Gasteiger charge is -2.19. The minimum atomic E-state index is -0.0171. The van der Waals surface area contributed by atoms with E-state index in [2.05, 4.69) is 56.2 Å². The van der Waals surface area contributed by atoms with Gasteiger partial charge < -0.3 is 10.3 Å². The lowest BCUT2D eigenvalue weighted by molar-refractivity contribution is 0.0954. The summed E-state index contributed by atoms with van der Waals surface area (Å²) in [6.07, 6.45) is 2.85. The number of aromatic nitrogens is 1. The highest BCUT2D eigenvalue weighted by molar-refractivity contribution is 5.94. The van der Waals surface area contributed by atoms with Crippen molar-refractivity contribution in [3.63, 3.8) is 0 Å². The topological polar surface area (TPSA) is 44.9 Å². The smallest absolute Gasteiger partial charge is 0.251 e. The number of hydrogen-bond acceptors (Lipinski definition) is 1. The number of benzene rings is 2. The average Bonchev–Trinajstić information content (AvgIpc) is 2.96. The number of carbonyl (C=O) groups is 1. The molecule has 1 aromatic heterocycles. The van der Waals surface area contributed by atoms with E-state index in [1.807, 2.05) is 30.5 Å². The van der Waals surface area contributed by atoms with Crippen LogP contribution in [0.3, 0.4) is 0 Å². The average molecular weight is 334 g/mol. The van der Waals surface area contributed by atoms with Crippen molar-refractivity contribution in [2.24, 2.45) is 0 Å². The van der Waals surface area contributed by atoms with Crippen LogP contribution in [0, 0.1) is 6.92 Å². The van der Waals surface area contributed by atoms with Crippen LogP contribution >= 0.6 is 0 Å². The van der Waals surface area contributed by atoms with Gasteiger partial charge >= 0.3 is 0 Å². The van der Waals surface area contributed by atoms with Crippen LogP contribution in [0.15, 0.2) is 48.7 Å². The van der Waals surface area contributed by atoms with Crippen LogP contribution < -0.4 is 5.32 Å². The monoisotopic (exact) mass is 334 g/mol. The molecule has 0 saturated heterocycles. The van der Waals surface area contributed by atoms with Crippen molar-refractivity contribution >= 4 is 16.8 Å². The van der Waals surface area contributed by atoms with Gasteiger partial charge in [0.25, 0.3) is 5.91 Å². The third-order valence-corrected chi connectivity index (χ3v) is 4.62. The molecule has 1 amide bonds. The third-order valence-electron chi connectivity index (χ3n) is 4.62. The molecule has 2 aromatic carbocycles. The molecule has 0 bridgehead atoms. The van der Waals surface area contributed by atoms with Gasteiger partial charge in [0, 0.05) is 29.2 Å². The number of amides is 1. The zero-order chi connectivity index (χ0) is 18.0. The highest BCUT2D eigenvalue weighted by atomic mass is 16.1. The van der Waals surface area contributed by atoms with Crippen molar-refractivity contribution in [3.05, 3.63) is 70.9 Å². The van der Waals surface area contributed by atoms with E-state index in [4.69, 9.17) is 0 Å². The fourth-order valence-electron chi connectivity index (χ4n) is 3.03. The molecule has 3 heteroatoms. The first kappa shape index (κ1) is 17.3. The quantitative estimate of drug-likeness (QED) is 0.711. The number of H-pyrrole nitrogens is 1. The zero-order valence-electron chi connectivity index (χ0n) is 15.4. The largest absolute Gasteiger partial charge is 0.361 e. The molecule has 0 aliphatic carbocycles. The highest BCUT2D eigenvalue weighted by Gasteiger charge is 2.14. The summed E-state index contributed by atoms with van der Waals surface area (Å²) in [5, 5.41) is 4.26. The van der Waals surface area contributed by atoms with Crippen molar-refractivity contribution in [2.75, 3.05) is 6.54 Å². The SMILES string of the molecule is Cc1ccc2[nH]cc(CCNC(=O)c3ccc(C(C)(C)C)cc3)c2c1. The van der Waals surface area contributed by atoms with E-state index in [1.54, 1.807) is 0 Å². The maximum Gasteiger partial charge on any atom is 0.251 e. The molecule has 0 radical (unpaired) electrons. The number of rotatable bonds is 4. The molecule has 1 heterocycles. The standard InChI is InChI=1S/C22H26N2O/c1-15-5-10-20-19(13-15)17(14-24-20)11-12-23-21(25)16-6-8-18(9-7-16)22(2,3)4/h5-10,13-14,24H,11-12H2,1-4H3,(H,23,25). The summed E-state index contributed by atoms with van der Waals surface area (Å²) in [6, 6.07) is 14.3. The van der Waals surface area contributed by atoms with Crippen LogP contribution in [0.4, 0.5) is 0 Å². The van der Waals surface area contributed by atoms with Crippen LogP contribution in [0.25, 0.3) is 10.9 Å². The Labute approximate surface area is 149 Å². The maximum atomic E-state index is 12.3. The van der Waals surface area contributed by atoms with E-state index in [0.717, 1.165) is 11.9 Å². The number of nitrogens with one attached hydrogen (secondary N) is 2. The zero-order valence-corrected chi connectivity index (χ0v) is 15.4. The summed E-state index contributed by atoms with van der Waals surface area (Å²) in [4.78, 5) is 15.6. The Hall–Kier alpha value is -2.55. The van der Waals surface area contributed by atoms with Crippen LogP contribution in [-0.2, 0) is 11.8 Å². The number of carbonyl (C=O) groups excluding carboxylic acids is 1. The Bertz CT molecular complexity index is 883. The van der Waals surface area contributed by atoms with Gasteiger partial charge in [-0.25, -0.2) is 0 Å². The van der Waals surface area contributed by atoms with Gasteiger partial charge in [0.1, 0.15) is 0 Å². The first-order valence-corrected chi connectivity index (χ1v) is 8.80. The Morgan fingerprint density at radius 2 is 1.80 bits per heavy atom. The molecule has 0 aliphatic heterocycles. The van der Waals surface area contributed by atoms with Crippen LogP contribution in [0.5, 0.6) is 0 Å². The van der Waals surface area contributed by atoms with E-state index in [-0.39, 0.29) is 11.3 Å². The summed E-state index contributed by atoms with van der Waals surface area (Å²) < 4.78 is 0. The second-order valence-electron chi connectivity index (χ2n) is 7.70. The predicted octanol–water partition coefficient (Wildman–Crippen LogP) is 4.75. The molecule has 0 unspecified atom stereocenters. The Kier molecular flexibility index (Phi) is 4.67. The number of aromatic amines is 1. The van der Waals surface area contributed by atoms with Crippen molar-refractivity contribution < 1.29 is 4.79 Å². The molecule has 3 nitrogen and oxygen atoms in total. The first-order chi connectivity index (χ1) is 11.8. The van der Waals surface area contributed by atoms with Crippen molar-refractivity contribution in [2.45, 2.75) is 39.5 Å².